The van der Waals surface area contributed by atoms with Crippen LogP contribution in [0.5, 0.6) is 11.5 Å². The summed E-state index contributed by atoms with van der Waals surface area (Å²) in [7, 11) is 1.51. The van der Waals surface area contributed by atoms with Gasteiger partial charge in [0.15, 0.2) is 18.0 Å². The lowest BCUT2D eigenvalue weighted by Gasteiger charge is -2.16. The molecule has 0 unspecified atom stereocenters. The number of rotatable bonds is 5. The van der Waals surface area contributed by atoms with Crippen LogP contribution in [-0.4, -0.2) is 31.1 Å². The third-order valence-corrected chi connectivity index (χ3v) is 4.00. The van der Waals surface area contributed by atoms with Crippen LogP contribution in [0.2, 0.25) is 0 Å². The highest BCUT2D eigenvalue weighted by Gasteiger charge is 2.29. The van der Waals surface area contributed by atoms with E-state index >= 15 is 0 Å². The monoisotopic (exact) mass is 413 g/mol. The first-order valence-electron chi connectivity index (χ1n) is 7.80. The number of alkyl halides is 3. The summed E-state index contributed by atoms with van der Waals surface area (Å²) in [6.07, 6.45) is -4.51. The highest BCUT2D eigenvalue weighted by Crippen LogP contribution is 2.33. The van der Waals surface area contributed by atoms with E-state index < -0.39 is 18.8 Å². The van der Waals surface area contributed by atoms with Gasteiger partial charge in [-0.3, -0.25) is 5.32 Å². The molecule has 0 radical (unpaired) electrons. The number of hydrogen-bond acceptors (Lipinski definition) is 6. The number of ether oxygens (including phenoxy) is 2. The number of benzene rings is 2. The number of urea groups is 1. The van der Waals surface area contributed by atoms with E-state index in [9.17, 15) is 18.0 Å². The van der Waals surface area contributed by atoms with Crippen molar-refractivity contribution in [1.29, 1.82) is 0 Å². The van der Waals surface area contributed by atoms with Gasteiger partial charge in [0.2, 0.25) is 0 Å². The molecule has 148 valence electrons. The Morgan fingerprint density at radius 1 is 1.25 bits per heavy atom. The minimum atomic E-state index is -4.51. The van der Waals surface area contributed by atoms with Crippen LogP contribution in [0.3, 0.4) is 0 Å². The minimum Gasteiger partial charge on any atom is -0.497 e. The zero-order valence-electron chi connectivity index (χ0n) is 14.4. The average molecular weight is 413 g/mol. The Morgan fingerprint density at radius 3 is 2.61 bits per heavy atom. The fraction of sp³-hybridized carbons (Fsp3) is 0.176. The highest BCUT2D eigenvalue weighted by atomic mass is 32.1. The normalized spacial score (nSPS) is 11.3. The van der Waals surface area contributed by atoms with Crippen molar-refractivity contribution < 1.29 is 32.0 Å². The Bertz CT molecular complexity index is 976. The zero-order valence-corrected chi connectivity index (χ0v) is 15.3. The molecule has 0 saturated carbocycles. The fourth-order valence-corrected chi connectivity index (χ4v) is 2.50. The van der Waals surface area contributed by atoms with Crippen molar-refractivity contribution in [2.45, 2.75) is 6.18 Å². The van der Waals surface area contributed by atoms with E-state index in [0.717, 1.165) is 4.31 Å². The van der Waals surface area contributed by atoms with Gasteiger partial charge in [0, 0.05) is 0 Å². The molecule has 0 aliphatic heterocycles. The van der Waals surface area contributed by atoms with Crippen molar-refractivity contribution in [3.63, 3.8) is 0 Å². The van der Waals surface area contributed by atoms with Crippen molar-refractivity contribution in [2.75, 3.05) is 23.3 Å². The molecule has 3 aromatic rings. The van der Waals surface area contributed by atoms with Crippen LogP contribution in [0.15, 0.2) is 47.0 Å². The lowest BCUT2D eigenvalue weighted by atomic mass is 10.2. The molecular weight excluding hydrogens is 399 g/mol. The van der Waals surface area contributed by atoms with Gasteiger partial charge < -0.3 is 14.0 Å². The van der Waals surface area contributed by atoms with Gasteiger partial charge in [-0.05, 0) is 36.4 Å². The molecule has 7 nitrogen and oxygen atoms in total. The van der Waals surface area contributed by atoms with E-state index in [1.165, 1.54) is 25.3 Å². The summed E-state index contributed by atoms with van der Waals surface area (Å²) in [5.74, 6) is 0.381. The zero-order chi connectivity index (χ0) is 20.3. The van der Waals surface area contributed by atoms with Gasteiger partial charge in [-0.15, -0.1) is 0 Å². The van der Waals surface area contributed by atoms with Crippen LogP contribution in [0, 0.1) is 0 Å². The number of anilines is 2. The van der Waals surface area contributed by atoms with Crippen LogP contribution in [0.1, 0.15) is 0 Å². The highest BCUT2D eigenvalue weighted by molar-refractivity contribution is 7.82. The van der Waals surface area contributed by atoms with Crippen LogP contribution in [-0.2, 0) is 0 Å². The van der Waals surface area contributed by atoms with Crippen molar-refractivity contribution in [2.24, 2.45) is 0 Å². The number of fused-ring (bicyclic) bond motifs is 1. The van der Waals surface area contributed by atoms with Crippen LogP contribution >= 0.6 is 12.8 Å². The lowest BCUT2D eigenvalue weighted by molar-refractivity contribution is -0.153. The molecule has 1 aromatic heterocycles. The molecule has 0 fully saturated rings. The average Bonchev–Trinajstić information content (AvgIpc) is 3.08. The second-order valence-electron chi connectivity index (χ2n) is 5.50. The maximum absolute atomic E-state index is 12.5. The summed E-state index contributed by atoms with van der Waals surface area (Å²) in [5.41, 5.74) is 0.591. The molecule has 1 heterocycles. The molecular formula is C17H14F3N3O4S. The number of carbonyl (C=O) groups excluding carboxylic acids is 1. The summed E-state index contributed by atoms with van der Waals surface area (Å²) >= 11 is 4.13. The number of nitrogens with zero attached hydrogens (tertiary/aromatic N) is 2. The van der Waals surface area contributed by atoms with Gasteiger partial charge in [0.05, 0.1) is 12.8 Å². The Morgan fingerprint density at radius 2 is 1.96 bits per heavy atom. The van der Waals surface area contributed by atoms with E-state index in [1.807, 2.05) is 0 Å². The first-order valence-corrected chi connectivity index (χ1v) is 8.20. The Labute approximate surface area is 162 Å². The Kier molecular flexibility index (Phi) is 5.54. The molecule has 0 aliphatic rings. The number of halogens is 3. The van der Waals surface area contributed by atoms with Crippen molar-refractivity contribution in [3.8, 4) is 11.5 Å². The molecule has 0 spiro atoms. The Balaban J connectivity index is 1.82. The summed E-state index contributed by atoms with van der Waals surface area (Å²) in [6, 6.07) is 10.0. The smallest absolute Gasteiger partial charge is 0.422 e. The van der Waals surface area contributed by atoms with Gasteiger partial charge in [-0.2, -0.15) is 13.2 Å². The second-order valence-corrected chi connectivity index (χ2v) is 5.90. The van der Waals surface area contributed by atoms with Crippen LogP contribution in [0.4, 0.5) is 29.5 Å². The maximum Gasteiger partial charge on any atom is 0.422 e. The number of aromatic nitrogens is 1. The molecule has 2 amide bonds. The number of thiol groups is 1. The maximum atomic E-state index is 12.5. The van der Waals surface area contributed by atoms with E-state index in [1.54, 1.807) is 24.3 Å². The predicted molar refractivity (Wildman–Crippen MR) is 99.0 cm³/mol. The summed E-state index contributed by atoms with van der Waals surface area (Å²) in [6.45, 7) is -1.49. The summed E-state index contributed by atoms with van der Waals surface area (Å²) < 4.78 is 53.3. The third-order valence-electron chi connectivity index (χ3n) is 3.59. The van der Waals surface area contributed by atoms with Gasteiger partial charge >= 0.3 is 12.2 Å². The first kappa shape index (κ1) is 19.7. The van der Waals surface area contributed by atoms with Crippen LogP contribution in [0.25, 0.3) is 11.0 Å². The number of amides is 2. The molecule has 0 bridgehead atoms. The predicted octanol–water partition coefficient (Wildman–Crippen LogP) is 4.66. The number of hydrogen-bond donors (Lipinski definition) is 2. The van der Waals surface area contributed by atoms with E-state index in [4.69, 9.17) is 14.0 Å². The topological polar surface area (TPSA) is 76.8 Å². The standard InChI is InChI=1S/C17H14F3N3O4S/c1-25-11-7-5-10(6-8-11)23(28)16(24)21-15-14-12(26-9-17(18,19)20)3-2-4-13(14)27-22-15/h2-8,28H,9H2,1H3,(H,21,22,24). The van der Waals surface area contributed by atoms with Gasteiger partial charge in [-0.1, -0.05) is 24.0 Å². The summed E-state index contributed by atoms with van der Waals surface area (Å²) in [5, 5.41) is 6.25. The van der Waals surface area contributed by atoms with Gasteiger partial charge in [0.1, 0.15) is 16.9 Å². The fourth-order valence-electron chi connectivity index (χ4n) is 2.32. The first-order chi connectivity index (χ1) is 13.3. The third kappa shape index (κ3) is 4.42. The van der Waals surface area contributed by atoms with Gasteiger partial charge in [-0.25, -0.2) is 9.10 Å². The molecule has 0 atom stereocenters. The number of methoxy groups -OCH3 is 1. The Hall–Kier alpha value is -3.08. The molecule has 11 heteroatoms. The van der Waals surface area contributed by atoms with E-state index in [0.29, 0.717) is 11.4 Å². The molecule has 2 aromatic carbocycles. The number of nitrogens with one attached hydrogen (secondary N) is 1. The van der Waals surface area contributed by atoms with Crippen LogP contribution < -0.4 is 19.1 Å². The summed E-state index contributed by atoms with van der Waals surface area (Å²) in [4.78, 5) is 12.4. The molecule has 0 aliphatic carbocycles. The second kappa shape index (κ2) is 7.89. The molecule has 0 saturated heterocycles. The van der Waals surface area contributed by atoms with Gasteiger partial charge in [0.25, 0.3) is 0 Å². The SMILES string of the molecule is COc1ccc(N(S)C(=O)Nc2noc3cccc(OCC(F)(F)F)c23)cc1. The quantitative estimate of drug-likeness (QED) is 0.595. The molecule has 28 heavy (non-hydrogen) atoms. The van der Waals surface area contributed by atoms with E-state index in [-0.39, 0.29) is 22.5 Å². The van der Waals surface area contributed by atoms with Crippen molar-refractivity contribution in [1.82, 2.24) is 5.16 Å². The van der Waals surface area contributed by atoms with Crippen molar-refractivity contribution >= 4 is 41.3 Å². The van der Waals surface area contributed by atoms with E-state index in [2.05, 4.69) is 23.3 Å². The molecule has 3 rings (SSSR count). The minimum absolute atomic E-state index is 0.0923. The number of carbonyl (C=O) groups is 1. The lowest BCUT2D eigenvalue weighted by Crippen LogP contribution is -2.27. The van der Waals surface area contributed by atoms with Crippen molar-refractivity contribution in [3.05, 3.63) is 42.5 Å². The molecule has 1 N–H and O–H groups in total. The largest absolute Gasteiger partial charge is 0.497 e.